The molecule has 2 N–H and O–H groups in total. The molecule has 1 saturated carbocycles. The number of alkyl halides is 2. The molecule has 2 amide bonds. The van der Waals surface area contributed by atoms with E-state index in [-0.39, 0.29) is 32.6 Å². The Kier molecular flexibility index (Phi) is 6.87. The van der Waals surface area contributed by atoms with Gasteiger partial charge in [-0.1, -0.05) is 46.4 Å². The fourth-order valence-corrected chi connectivity index (χ4v) is 5.68. The SMILES string of the molecule is O=C(NC1CSC1)c1cc(NC(=O)[C@@H]2[C@@H](c3cc(Cl)c(Cl)c(Cl)c3)C2(Cl)Cl)ccc1Cl. The fourth-order valence-electron chi connectivity index (χ4n) is 3.40. The highest BCUT2D eigenvalue weighted by Crippen LogP contribution is 2.65. The Morgan fingerprint density at radius 2 is 1.61 bits per heavy atom. The van der Waals surface area contributed by atoms with Crippen molar-refractivity contribution in [3.05, 3.63) is 61.5 Å². The summed E-state index contributed by atoms with van der Waals surface area (Å²) in [6.07, 6.45) is 0. The Balaban J connectivity index is 1.50. The summed E-state index contributed by atoms with van der Waals surface area (Å²) in [4.78, 5) is 25.4. The van der Waals surface area contributed by atoms with Crippen LogP contribution in [0.25, 0.3) is 0 Å². The number of nitrogens with one attached hydrogen (secondary N) is 2. The number of amides is 2. The maximum absolute atomic E-state index is 12.9. The highest BCUT2D eigenvalue weighted by molar-refractivity contribution is 8.00. The second kappa shape index (κ2) is 9.02. The molecule has 1 heterocycles. The van der Waals surface area contributed by atoms with Crippen LogP contribution in [0, 0.1) is 5.92 Å². The van der Waals surface area contributed by atoms with Gasteiger partial charge in [0.05, 0.1) is 31.6 Å². The third-order valence-corrected chi connectivity index (χ3v) is 8.90. The van der Waals surface area contributed by atoms with E-state index in [1.54, 1.807) is 36.0 Å². The first-order valence-electron chi connectivity index (χ1n) is 9.11. The minimum atomic E-state index is -1.33. The van der Waals surface area contributed by atoms with E-state index < -0.39 is 22.1 Å². The monoisotopic (exact) mass is 556 g/mol. The maximum atomic E-state index is 12.9. The maximum Gasteiger partial charge on any atom is 0.253 e. The summed E-state index contributed by atoms with van der Waals surface area (Å²) in [6.45, 7) is 0. The number of rotatable bonds is 5. The Hall–Kier alpha value is -0.530. The number of hydrogen-bond donors (Lipinski definition) is 2. The molecule has 2 aliphatic rings. The van der Waals surface area contributed by atoms with Crippen LogP contribution in [0.3, 0.4) is 0 Å². The molecule has 0 aromatic heterocycles. The van der Waals surface area contributed by atoms with Crippen molar-refractivity contribution in [2.75, 3.05) is 16.8 Å². The molecule has 2 atom stereocenters. The third kappa shape index (κ3) is 4.74. The first kappa shape index (κ1) is 23.6. The van der Waals surface area contributed by atoms with Crippen LogP contribution < -0.4 is 10.6 Å². The van der Waals surface area contributed by atoms with Crippen LogP contribution in [0.2, 0.25) is 20.1 Å². The number of halogens is 6. The standard InChI is InChI=1S/C20H14Cl6N2O2S/c21-12-2-1-9(5-11(12)18(29)28-10-6-31-7-10)27-19(30)16-15(20(16,25)26)8-3-13(22)17(24)14(23)4-8/h1-5,10,15-16H,6-7H2,(H,27,30)(H,28,29)/t15-,16+/m1/s1. The molecule has 31 heavy (non-hydrogen) atoms. The fraction of sp³-hybridized carbons (Fsp3) is 0.300. The van der Waals surface area contributed by atoms with Crippen LogP contribution in [0.1, 0.15) is 21.8 Å². The summed E-state index contributed by atoms with van der Waals surface area (Å²) in [5, 5.41) is 6.68. The van der Waals surface area contributed by atoms with Crippen molar-refractivity contribution in [3.63, 3.8) is 0 Å². The van der Waals surface area contributed by atoms with Gasteiger partial charge in [-0.2, -0.15) is 11.8 Å². The lowest BCUT2D eigenvalue weighted by atomic mass is 10.1. The first-order chi connectivity index (χ1) is 14.6. The molecule has 2 aromatic rings. The summed E-state index contributed by atoms with van der Waals surface area (Å²) in [7, 11) is 0. The van der Waals surface area contributed by atoms with E-state index in [4.69, 9.17) is 69.6 Å². The summed E-state index contributed by atoms with van der Waals surface area (Å²) in [5.41, 5.74) is 1.30. The van der Waals surface area contributed by atoms with Crippen LogP contribution >= 0.6 is 81.4 Å². The molecule has 2 fully saturated rings. The van der Waals surface area contributed by atoms with Crippen molar-refractivity contribution in [2.45, 2.75) is 16.3 Å². The van der Waals surface area contributed by atoms with Gasteiger partial charge in [-0.15, -0.1) is 23.2 Å². The zero-order chi connectivity index (χ0) is 22.5. The number of carbonyl (C=O) groups excluding carboxylic acids is 2. The van der Waals surface area contributed by atoms with Crippen LogP contribution in [0.4, 0.5) is 5.69 Å². The molecule has 1 aliphatic heterocycles. The van der Waals surface area contributed by atoms with Gasteiger partial charge in [0.1, 0.15) is 4.33 Å². The molecule has 4 nitrogen and oxygen atoms in total. The molecule has 1 aliphatic carbocycles. The van der Waals surface area contributed by atoms with Crippen LogP contribution in [-0.4, -0.2) is 33.7 Å². The molecule has 11 heteroatoms. The van der Waals surface area contributed by atoms with Crippen LogP contribution in [-0.2, 0) is 4.79 Å². The number of hydrogen-bond acceptors (Lipinski definition) is 3. The van der Waals surface area contributed by atoms with Gasteiger partial charge in [-0.05, 0) is 35.9 Å². The third-order valence-electron chi connectivity index (χ3n) is 5.15. The lowest BCUT2D eigenvalue weighted by molar-refractivity contribution is -0.117. The predicted octanol–water partition coefficient (Wildman–Crippen LogP) is 6.67. The van der Waals surface area contributed by atoms with E-state index in [1.807, 2.05) is 0 Å². The average molecular weight is 559 g/mol. The summed E-state index contributed by atoms with van der Waals surface area (Å²) < 4.78 is -1.33. The van der Waals surface area contributed by atoms with E-state index in [9.17, 15) is 9.59 Å². The molecule has 164 valence electrons. The van der Waals surface area contributed by atoms with Gasteiger partial charge in [0.2, 0.25) is 5.91 Å². The van der Waals surface area contributed by atoms with Crippen molar-refractivity contribution in [1.82, 2.24) is 5.32 Å². The molecule has 0 radical (unpaired) electrons. The van der Waals surface area contributed by atoms with E-state index >= 15 is 0 Å². The van der Waals surface area contributed by atoms with Crippen molar-refractivity contribution in [3.8, 4) is 0 Å². The summed E-state index contributed by atoms with van der Waals surface area (Å²) in [5.74, 6) is -0.214. The number of anilines is 1. The van der Waals surface area contributed by atoms with Gasteiger partial charge >= 0.3 is 0 Å². The van der Waals surface area contributed by atoms with Crippen LogP contribution in [0.5, 0.6) is 0 Å². The molecular weight excluding hydrogens is 545 g/mol. The van der Waals surface area contributed by atoms with Gasteiger partial charge in [-0.3, -0.25) is 9.59 Å². The highest BCUT2D eigenvalue weighted by atomic mass is 35.5. The molecule has 0 bridgehead atoms. The Morgan fingerprint density at radius 3 is 2.19 bits per heavy atom. The number of carbonyl (C=O) groups is 2. The summed E-state index contributed by atoms with van der Waals surface area (Å²) in [6, 6.07) is 8.00. The topological polar surface area (TPSA) is 58.2 Å². The second-order valence-electron chi connectivity index (χ2n) is 7.32. The second-order valence-corrected chi connectivity index (χ2v) is 11.4. The molecule has 4 rings (SSSR count). The zero-order valence-corrected chi connectivity index (χ0v) is 20.9. The smallest absolute Gasteiger partial charge is 0.253 e. The minimum absolute atomic E-state index is 0.130. The first-order valence-corrected chi connectivity index (χ1v) is 12.5. The van der Waals surface area contributed by atoms with E-state index in [1.165, 1.54) is 6.07 Å². The van der Waals surface area contributed by atoms with Gasteiger partial charge in [0.15, 0.2) is 0 Å². The van der Waals surface area contributed by atoms with Gasteiger partial charge in [-0.25, -0.2) is 0 Å². The van der Waals surface area contributed by atoms with Crippen molar-refractivity contribution < 1.29 is 9.59 Å². The normalized spacial score (nSPS) is 21.9. The highest BCUT2D eigenvalue weighted by Gasteiger charge is 2.67. The van der Waals surface area contributed by atoms with E-state index in [0.717, 1.165) is 11.5 Å². The van der Waals surface area contributed by atoms with E-state index in [2.05, 4.69) is 10.6 Å². The largest absolute Gasteiger partial charge is 0.348 e. The summed E-state index contributed by atoms with van der Waals surface area (Å²) >= 11 is 38.9. The van der Waals surface area contributed by atoms with Gasteiger partial charge in [0.25, 0.3) is 5.91 Å². The lowest BCUT2D eigenvalue weighted by Crippen LogP contribution is -2.43. The predicted molar refractivity (Wildman–Crippen MR) is 131 cm³/mol. The van der Waals surface area contributed by atoms with Crippen LogP contribution in [0.15, 0.2) is 30.3 Å². The van der Waals surface area contributed by atoms with Crippen molar-refractivity contribution in [2.24, 2.45) is 5.92 Å². The minimum Gasteiger partial charge on any atom is -0.348 e. The molecule has 0 unspecified atom stereocenters. The Morgan fingerprint density at radius 1 is 0.968 bits per heavy atom. The number of thioether (sulfide) groups is 1. The molecule has 2 aromatic carbocycles. The van der Waals surface area contributed by atoms with Gasteiger partial charge < -0.3 is 10.6 Å². The van der Waals surface area contributed by atoms with Gasteiger partial charge in [0, 0.05) is 29.2 Å². The van der Waals surface area contributed by atoms with Crippen molar-refractivity contribution in [1.29, 1.82) is 0 Å². The quantitative estimate of drug-likeness (QED) is 0.318. The average Bonchev–Trinajstić information content (AvgIpc) is 3.26. The zero-order valence-electron chi connectivity index (χ0n) is 15.5. The number of benzene rings is 2. The van der Waals surface area contributed by atoms with Crippen molar-refractivity contribution >= 4 is 98.9 Å². The Labute approximate surface area is 213 Å². The molecule has 1 saturated heterocycles. The Bertz CT molecular complexity index is 1050. The molecular formula is C20H14Cl6N2O2S. The molecule has 0 spiro atoms. The lowest BCUT2D eigenvalue weighted by Gasteiger charge is -2.26. The van der Waals surface area contributed by atoms with E-state index in [0.29, 0.717) is 16.3 Å².